The summed E-state index contributed by atoms with van der Waals surface area (Å²) < 4.78 is 0. The Morgan fingerprint density at radius 1 is 1.31 bits per heavy atom. The lowest BCUT2D eigenvalue weighted by Gasteiger charge is -2.23. The van der Waals surface area contributed by atoms with E-state index in [1.165, 1.54) is 0 Å². The minimum atomic E-state index is -0.938. The van der Waals surface area contributed by atoms with Gasteiger partial charge in [0.05, 0.1) is 24.0 Å². The highest BCUT2D eigenvalue weighted by Gasteiger charge is 2.66. The third-order valence-electron chi connectivity index (χ3n) is 3.23. The van der Waals surface area contributed by atoms with Gasteiger partial charge in [0.25, 0.3) is 0 Å². The van der Waals surface area contributed by atoms with Gasteiger partial charge in [-0.1, -0.05) is 13.8 Å². The summed E-state index contributed by atoms with van der Waals surface area (Å²) in [7, 11) is 0. The molecule has 92 valence electrons. The summed E-state index contributed by atoms with van der Waals surface area (Å²) in [6.07, 6.45) is 0. The van der Waals surface area contributed by atoms with Gasteiger partial charge in [-0.15, -0.1) is 0 Å². The summed E-state index contributed by atoms with van der Waals surface area (Å²) >= 11 is 0. The molecule has 0 aromatic heterocycles. The Balaban J connectivity index is 2.68. The SMILES string of the molecule is CC(C)(CO)NC(=O)[C@H]1[C@@H](C(=O)O)C1(C)C. The van der Waals surface area contributed by atoms with Crippen LogP contribution in [0, 0.1) is 17.3 Å². The van der Waals surface area contributed by atoms with Gasteiger partial charge in [0.1, 0.15) is 0 Å². The van der Waals surface area contributed by atoms with Gasteiger partial charge in [-0.25, -0.2) is 0 Å². The van der Waals surface area contributed by atoms with Crippen molar-refractivity contribution in [3.05, 3.63) is 0 Å². The molecule has 1 fully saturated rings. The van der Waals surface area contributed by atoms with Crippen LogP contribution in [0.15, 0.2) is 0 Å². The van der Waals surface area contributed by atoms with Gasteiger partial charge in [-0.2, -0.15) is 0 Å². The molecule has 1 rings (SSSR count). The van der Waals surface area contributed by atoms with E-state index in [2.05, 4.69) is 5.32 Å². The first kappa shape index (κ1) is 13.0. The fourth-order valence-corrected chi connectivity index (χ4v) is 2.04. The molecule has 2 atom stereocenters. The highest BCUT2D eigenvalue weighted by molar-refractivity contribution is 5.91. The number of nitrogens with one attached hydrogen (secondary N) is 1. The summed E-state index contributed by atoms with van der Waals surface area (Å²) in [5, 5.41) is 20.6. The maximum atomic E-state index is 11.8. The summed E-state index contributed by atoms with van der Waals surface area (Å²) in [5.41, 5.74) is -1.21. The fraction of sp³-hybridized carbons (Fsp3) is 0.818. The van der Waals surface area contributed by atoms with Gasteiger partial charge >= 0.3 is 5.97 Å². The van der Waals surface area contributed by atoms with Crippen LogP contribution in [-0.2, 0) is 9.59 Å². The number of amides is 1. The second kappa shape index (κ2) is 3.73. The number of aliphatic carboxylic acids is 1. The first-order chi connectivity index (χ1) is 7.13. The van der Waals surface area contributed by atoms with E-state index in [9.17, 15) is 9.59 Å². The Morgan fingerprint density at radius 3 is 2.12 bits per heavy atom. The van der Waals surface area contributed by atoms with E-state index < -0.39 is 28.8 Å². The molecule has 0 saturated heterocycles. The first-order valence-electron chi connectivity index (χ1n) is 5.29. The van der Waals surface area contributed by atoms with Crippen LogP contribution >= 0.6 is 0 Å². The summed E-state index contributed by atoms with van der Waals surface area (Å²) in [5.74, 6) is -2.36. The summed E-state index contributed by atoms with van der Waals surface area (Å²) in [6.45, 7) is 6.74. The molecule has 16 heavy (non-hydrogen) atoms. The van der Waals surface area contributed by atoms with Crippen LogP contribution in [-0.4, -0.2) is 34.2 Å². The molecular weight excluding hydrogens is 210 g/mol. The van der Waals surface area contributed by atoms with Crippen molar-refractivity contribution in [3.63, 3.8) is 0 Å². The number of aliphatic hydroxyl groups is 1. The van der Waals surface area contributed by atoms with Crippen molar-refractivity contribution in [2.45, 2.75) is 33.2 Å². The Morgan fingerprint density at radius 2 is 1.81 bits per heavy atom. The molecule has 0 unspecified atom stereocenters. The number of rotatable bonds is 4. The van der Waals surface area contributed by atoms with Crippen molar-refractivity contribution in [3.8, 4) is 0 Å². The second-order valence-electron chi connectivity index (χ2n) is 5.65. The maximum absolute atomic E-state index is 11.8. The Kier molecular flexibility index (Phi) is 3.02. The molecule has 1 aliphatic rings. The third kappa shape index (κ3) is 2.19. The number of hydrogen-bond donors (Lipinski definition) is 3. The van der Waals surface area contributed by atoms with Gasteiger partial charge < -0.3 is 15.5 Å². The van der Waals surface area contributed by atoms with E-state index in [0.29, 0.717) is 0 Å². The molecule has 0 radical (unpaired) electrons. The highest BCUT2D eigenvalue weighted by Crippen LogP contribution is 2.58. The average Bonchev–Trinajstić information content (AvgIpc) is 2.68. The number of aliphatic hydroxyl groups excluding tert-OH is 1. The minimum Gasteiger partial charge on any atom is -0.481 e. The quantitative estimate of drug-likeness (QED) is 0.644. The number of carbonyl (C=O) groups is 2. The minimum absolute atomic E-state index is 0.177. The molecule has 0 heterocycles. The van der Waals surface area contributed by atoms with E-state index in [-0.39, 0.29) is 12.5 Å². The molecule has 0 aromatic carbocycles. The molecule has 1 saturated carbocycles. The van der Waals surface area contributed by atoms with Gasteiger partial charge in [0.2, 0.25) is 5.91 Å². The van der Waals surface area contributed by atoms with Crippen LogP contribution in [0.5, 0.6) is 0 Å². The van der Waals surface area contributed by atoms with E-state index in [4.69, 9.17) is 10.2 Å². The first-order valence-corrected chi connectivity index (χ1v) is 5.29. The number of hydrogen-bond acceptors (Lipinski definition) is 3. The van der Waals surface area contributed by atoms with Crippen LogP contribution in [0.3, 0.4) is 0 Å². The lowest BCUT2D eigenvalue weighted by atomic mass is 10.1. The normalized spacial score (nSPS) is 27.3. The largest absolute Gasteiger partial charge is 0.481 e. The van der Waals surface area contributed by atoms with E-state index >= 15 is 0 Å². The second-order valence-corrected chi connectivity index (χ2v) is 5.65. The Hall–Kier alpha value is -1.10. The van der Waals surface area contributed by atoms with Crippen LogP contribution in [0.25, 0.3) is 0 Å². The summed E-state index contributed by atoms with van der Waals surface area (Å²) in [4.78, 5) is 22.7. The fourth-order valence-electron chi connectivity index (χ4n) is 2.04. The lowest BCUT2D eigenvalue weighted by Crippen LogP contribution is -2.47. The van der Waals surface area contributed by atoms with Gasteiger partial charge in [-0.3, -0.25) is 9.59 Å². The zero-order chi connectivity index (χ0) is 12.7. The average molecular weight is 229 g/mol. The molecular formula is C11H19NO4. The Labute approximate surface area is 94.8 Å². The molecule has 0 aliphatic heterocycles. The van der Waals surface area contributed by atoms with Crippen LogP contribution in [0.2, 0.25) is 0 Å². The molecule has 0 bridgehead atoms. The van der Waals surface area contributed by atoms with E-state index in [0.717, 1.165) is 0 Å². The molecule has 0 aromatic rings. The van der Waals surface area contributed by atoms with Crippen molar-refractivity contribution in [2.24, 2.45) is 17.3 Å². The predicted octanol–water partition coefficient (Wildman–Crippen LogP) is 0.230. The van der Waals surface area contributed by atoms with Crippen molar-refractivity contribution in [1.82, 2.24) is 5.32 Å². The van der Waals surface area contributed by atoms with E-state index in [1.54, 1.807) is 27.7 Å². The molecule has 0 spiro atoms. The predicted molar refractivity (Wildman–Crippen MR) is 57.7 cm³/mol. The maximum Gasteiger partial charge on any atom is 0.307 e. The van der Waals surface area contributed by atoms with Gasteiger partial charge in [-0.05, 0) is 19.3 Å². The molecule has 1 aliphatic carbocycles. The smallest absolute Gasteiger partial charge is 0.307 e. The highest BCUT2D eigenvalue weighted by atomic mass is 16.4. The molecule has 5 heteroatoms. The number of carbonyl (C=O) groups excluding carboxylic acids is 1. The van der Waals surface area contributed by atoms with Crippen molar-refractivity contribution in [2.75, 3.05) is 6.61 Å². The van der Waals surface area contributed by atoms with Crippen LogP contribution in [0.1, 0.15) is 27.7 Å². The zero-order valence-electron chi connectivity index (χ0n) is 10.1. The summed E-state index contributed by atoms with van der Waals surface area (Å²) in [6, 6.07) is 0. The van der Waals surface area contributed by atoms with Crippen LogP contribution in [0.4, 0.5) is 0 Å². The topological polar surface area (TPSA) is 86.6 Å². The standard InChI is InChI=1S/C11H19NO4/c1-10(2,5-13)12-8(14)6-7(9(15)16)11(6,3)4/h6-7,13H,5H2,1-4H3,(H,12,14)(H,15,16)/t6-,7+/m1/s1. The molecule has 3 N–H and O–H groups in total. The van der Waals surface area contributed by atoms with Gasteiger partial charge in [0.15, 0.2) is 0 Å². The lowest BCUT2D eigenvalue weighted by molar-refractivity contribution is -0.140. The third-order valence-corrected chi connectivity index (χ3v) is 3.23. The number of carboxylic acid groups (broad SMARTS) is 1. The van der Waals surface area contributed by atoms with Gasteiger partial charge in [0, 0.05) is 0 Å². The Bertz CT molecular complexity index is 322. The van der Waals surface area contributed by atoms with Crippen LogP contribution < -0.4 is 5.32 Å². The molecule has 1 amide bonds. The monoisotopic (exact) mass is 229 g/mol. The van der Waals surface area contributed by atoms with Crippen molar-refractivity contribution < 1.29 is 19.8 Å². The van der Waals surface area contributed by atoms with Crippen molar-refractivity contribution in [1.29, 1.82) is 0 Å². The zero-order valence-corrected chi connectivity index (χ0v) is 10.1. The number of carboxylic acids is 1. The van der Waals surface area contributed by atoms with E-state index in [1.807, 2.05) is 0 Å². The molecule has 5 nitrogen and oxygen atoms in total. The van der Waals surface area contributed by atoms with Crippen molar-refractivity contribution >= 4 is 11.9 Å².